The number of amides is 2. The second kappa shape index (κ2) is 38.5. The largest absolute Gasteiger partial charge is 0.390 e. The number of aromatic nitrogens is 16. The summed E-state index contributed by atoms with van der Waals surface area (Å²) in [6.07, 6.45) is -4.43. The first-order chi connectivity index (χ1) is 55.8. The van der Waals surface area contributed by atoms with Crippen molar-refractivity contribution in [3.63, 3.8) is 0 Å². The lowest BCUT2D eigenvalue weighted by Crippen LogP contribution is -2.35. The van der Waals surface area contributed by atoms with Crippen LogP contribution >= 0.6 is 23.2 Å². The number of aliphatic hydroxyl groups excluding tert-OH is 10. The fourth-order valence-electron chi connectivity index (χ4n) is 13.5. The Labute approximate surface area is 673 Å². The molecule has 0 spiro atoms. The maximum Gasteiger partial charge on any atom is 0.351 e. The number of rotatable bonds is 13. The highest BCUT2D eigenvalue weighted by Gasteiger charge is 2.48. The first-order valence-electron chi connectivity index (χ1n) is 37.5. The molecule has 8 aromatic heterocycles. The van der Waals surface area contributed by atoms with E-state index in [9.17, 15) is 79.0 Å². The second-order valence-electron chi connectivity index (χ2n) is 28.0. The first-order valence-corrected chi connectivity index (χ1v) is 38.3. The van der Waals surface area contributed by atoms with Crippen molar-refractivity contribution in [1.82, 2.24) is 77.2 Å². The summed E-state index contributed by atoms with van der Waals surface area (Å²) in [4.78, 5) is 93.8. The summed E-state index contributed by atoms with van der Waals surface area (Å²) in [6.45, 7) is 14.6. The number of ether oxygens (including phenoxy) is 6. The fourth-order valence-corrected chi connectivity index (χ4v) is 13.9. The van der Waals surface area contributed by atoms with Crippen molar-refractivity contribution < 1.29 is 97.9 Å². The Morgan fingerprint density at radius 1 is 0.487 bits per heavy atom. The number of hydrogen-bond acceptors (Lipinski definition) is 36. The van der Waals surface area contributed by atoms with Gasteiger partial charge in [-0.05, 0) is 75.4 Å². The van der Waals surface area contributed by atoms with Crippen LogP contribution in [-0.4, -0.2) is 264 Å². The van der Waals surface area contributed by atoms with Crippen molar-refractivity contribution in [3.05, 3.63) is 92.8 Å². The van der Waals surface area contributed by atoms with E-state index in [1.807, 2.05) is 32.3 Å². The number of halogens is 4. The minimum Gasteiger partial charge on any atom is -0.390 e. The molecule has 117 heavy (non-hydrogen) atoms. The monoisotopic (exact) mass is 1690 g/mol. The van der Waals surface area contributed by atoms with Gasteiger partial charge in [0.25, 0.3) is 0 Å². The Morgan fingerprint density at radius 3 is 1.30 bits per heavy atom. The molecule has 0 radical (unpaired) electrons. The summed E-state index contributed by atoms with van der Waals surface area (Å²) in [5.41, 5.74) is 12.3. The van der Waals surface area contributed by atoms with Gasteiger partial charge in [0.15, 0.2) is 60.2 Å². The van der Waals surface area contributed by atoms with E-state index in [1.54, 1.807) is 57.6 Å². The van der Waals surface area contributed by atoms with E-state index in [-0.39, 0.29) is 94.5 Å². The molecule has 18 N–H and O–H groups in total. The smallest absolute Gasteiger partial charge is 0.351 e. The van der Waals surface area contributed by atoms with Gasteiger partial charge in [0.2, 0.25) is 22.4 Å². The van der Waals surface area contributed by atoms with Crippen LogP contribution in [0.1, 0.15) is 161 Å². The van der Waals surface area contributed by atoms with E-state index in [0.29, 0.717) is 72.8 Å². The molecule has 0 saturated carbocycles. The highest BCUT2D eigenvalue weighted by molar-refractivity contribution is 6.29. The maximum atomic E-state index is 14.2. The summed E-state index contributed by atoms with van der Waals surface area (Å²) >= 11 is 11.5. The average molecular weight is 1690 g/mol. The van der Waals surface area contributed by atoms with Crippen molar-refractivity contribution in [2.24, 2.45) is 9.98 Å². The number of imidazole rings is 4. The van der Waals surface area contributed by atoms with Gasteiger partial charge in [-0.1, -0.05) is 34.6 Å². The molecule has 6 fully saturated rings. The molecule has 0 aliphatic carbocycles. The summed E-state index contributed by atoms with van der Waals surface area (Å²) < 4.78 is 69.9. The topological polar surface area (TPSA) is 609 Å². The third kappa shape index (κ3) is 19.5. The molecule has 16 rings (SSSR count). The van der Waals surface area contributed by atoms with Gasteiger partial charge in [-0.2, -0.15) is 29.9 Å². The summed E-state index contributed by atoms with van der Waals surface area (Å²) in [5, 5.41) is 109. The molecule has 0 aromatic carbocycles. The molecule has 638 valence electrons. The minimum absolute atomic E-state index is 0.0576. The highest BCUT2D eigenvalue weighted by atomic mass is 35.5. The van der Waals surface area contributed by atoms with Gasteiger partial charge in [0, 0.05) is 38.1 Å². The van der Waals surface area contributed by atoms with Crippen molar-refractivity contribution in [2.45, 2.75) is 248 Å². The van der Waals surface area contributed by atoms with Crippen LogP contribution < -0.4 is 44.1 Å². The third-order valence-electron chi connectivity index (χ3n) is 20.1. The number of nitrogens with zero attached hydrogens (tertiary/aromatic N) is 18. The SMILES string of the molecule is CCC(=O)Nc1ccn([C@@H]2O[C@H](C)[C@@H](O)[C@@H]2O)c(=O)n1.CCC(=O)Nc1ccn([C@@H]2O[C@H](CC)[C@@H](O)[C@@H]2O)c(=O)n1.CC[C@H]1O[C@@H](n2cnc3c(N)nc(Cl)nc32)[C@@H](F)[C@@H]1O.CC[C@H]1O[C@@H](n2cnc3c2NC=NC[C@H]3O)C[C@@H]1O.C[C@H]1O[C@@H](n2cnc3c(N)nc(Cl)nc32)[C@@H](F)[C@@H]1O.C[C@H]1O[C@@H](n2cnc3c2NC=NC[C@H]3O)C[C@@H]1O. The van der Waals surface area contributed by atoms with Crippen LogP contribution in [0.25, 0.3) is 22.3 Å². The Balaban J connectivity index is 0.000000138. The van der Waals surface area contributed by atoms with Crippen LogP contribution in [0.15, 0.2) is 69.4 Å². The van der Waals surface area contributed by atoms with Crippen molar-refractivity contribution in [3.8, 4) is 0 Å². The molecule has 8 aliphatic rings. The van der Waals surface area contributed by atoms with Gasteiger partial charge in [0.05, 0.1) is 99.9 Å². The minimum atomic E-state index is -1.58. The van der Waals surface area contributed by atoms with E-state index in [0.717, 1.165) is 15.6 Å². The molecule has 0 unspecified atom stereocenters. The molecule has 8 aliphatic heterocycles. The number of carbonyl (C=O) groups excluding carboxylic acids is 2. The molecule has 6 saturated heterocycles. The summed E-state index contributed by atoms with van der Waals surface area (Å²) in [6, 6.07) is 2.87. The predicted molar refractivity (Wildman–Crippen MR) is 411 cm³/mol. The van der Waals surface area contributed by atoms with E-state index in [4.69, 9.17) is 63.1 Å². The zero-order valence-electron chi connectivity index (χ0n) is 64.3. The number of fused-ring (bicyclic) bond motifs is 4. The fraction of sp³-hybridized carbons (Fsp3) is 0.594. The molecular weight excluding hydrogens is 1590 g/mol. The number of nitrogens with one attached hydrogen (secondary N) is 4. The average Bonchev–Trinajstić information content (AvgIpc) is 1.62. The Bertz CT molecular complexity index is 4920. The second-order valence-corrected chi connectivity index (χ2v) is 28.7. The van der Waals surface area contributed by atoms with Crippen LogP contribution in [0.5, 0.6) is 0 Å². The Hall–Kier alpha value is -9.44. The number of anilines is 6. The van der Waals surface area contributed by atoms with Crippen LogP contribution in [0, 0.1) is 0 Å². The predicted octanol–water partition coefficient (Wildman–Crippen LogP) is 1.07. The van der Waals surface area contributed by atoms with Gasteiger partial charge in [-0.15, -0.1) is 0 Å². The zero-order valence-corrected chi connectivity index (χ0v) is 65.8. The summed E-state index contributed by atoms with van der Waals surface area (Å²) in [7, 11) is 0. The van der Waals surface area contributed by atoms with E-state index >= 15 is 0 Å². The maximum absolute atomic E-state index is 14.2. The first kappa shape index (κ1) is 88.4. The Kier molecular flexibility index (Phi) is 29.1. The molecule has 2 amide bonds. The molecule has 44 nitrogen and oxygen atoms in total. The van der Waals surface area contributed by atoms with E-state index in [2.05, 4.69) is 81.1 Å². The van der Waals surface area contributed by atoms with Crippen molar-refractivity contribution in [1.29, 1.82) is 0 Å². The Morgan fingerprint density at radius 2 is 0.897 bits per heavy atom. The van der Waals surface area contributed by atoms with E-state index < -0.39 is 134 Å². The quantitative estimate of drug-likeness (QED) is 0.0718. The van der Waals surface area contributed by atoms with Crippen LogP contribution in [0.4, 0.5) is 43.7 Å². The number of carbonyl (C=O) groups is 2. The van der Waals surface area contributed by atoms with Gasteiger partial charge in [-0.3, -0.25) is 47.0 Å². The summed E-state index contributed by atoms with van der Waals surface area (Å²) in [5.74, 6) is 1.35. The number of nitrogen functional groups attached to an aromatic ring is 2. The lowest BCUT2D eigenvalue weighted by molar-refractivity contribution is -0.116. The lowest BCUT2D eigenvalue weighted by atomic mass is 10.1. The van der Waals surface area contributed by atoms with Crippen LogP contribution in [-0.2, 0) is 38.0 Å². The van der Waals surface area contributed by atoms with Crippen molar-refractivity contribution >= 4 is 105 Å². The van der Waals surface area contributed by atoms with Crippen LogP contribution in [0.3, 0.4) is 0 Å². The van der Waals surface area contributed by atoms with Gasteiger partial charge < -0.3 is 112 Å². The number of aliphatic hydroxyl groups is 10. The zero-order chi connectivity index (χ0) is 84.7. The van der Waals surface area contributed by atoms with Gasteiger partial charge in [0.1, 0.15) is 107 Å². The normalized spacial score (nSPS) is 31.3. The molecular formula is C69H94Cl2F2N24O20. The third-order valence-corrected chi connectivity index (χ3v) is 20.5. The lowest BCUT2D eigenvalue weighted by Gasteiger charge is -2.17. The van der Waals surface area contributed by atoms with Gasteiger partial charge in [-0.25, -0.2) is 38.3 Å². The molecule has 0 bridgehead atoms. The number of hydrogen-bond donors (Lipinski definition) is 16. The van der Waals surface area contributed by atoms with E-state index in [1.165, 1.54) is 46.3 Å². The number of aliphatic imine (C=N–C) groups is 2. The van der Waals surface area contributed by atoms with Crippen LogP contribution in [0.2, 0.25) is 10.6 Å². The molecule has 8 aromatic rings. The highest BCUT2D eigenvalue weighted by Crippen LogP contribution is 2.40. The molecule has 16 heterocycles. The molecule has 24 atom stereocenters. The standard InChI is InChI=1S/C13H19N3O5.C12H18N4O3.C12H17N3O5.C11H13ClFN5O2.C11H16N4O3.C10H11ClFN5O2/c1-3-7-10(18)11(19)12(21-7)16-6-5-8(15-13(16)20)14-9(17)4-2;1-2-9-7(17)3-10(19-9)16-6-15-11-8(18)4-13-5-14-12(11)16;1-3-8(16)13-7-4-5-15(12(19)14-7)11-10(18)9(17)6(2)20-11;1-2-4-7(19)5(13)10(20-4)18-3-15-6-8(14)16-11(12)17-9(6)18;1-6-7(16)2-9(18-6)15-5-14-10-8(17)3-12-4-13-11(10)15;1-3-6(18)4(12)9(19-3)17-2-14-5-7(13)15-10(11)16-8(5)17/h5-7,10-12,18-19H,3-4H2,1-2H3,(H,14,15,17,20);5-10,17-18H,2-4H2,1H3,(H,13,14);4-6,9-11,17-18H,3H2,1-2H3,(H,13,14,16,19);3-5,7,10,19H,2H2,1H3,(H2,14,16,17);4-9,16-17H,2-3H2,1H3,(H,12,13);2-4,6,9,18H,1H3,(H2,13,15,16)/t7-,10-,11+,12-;7-,8+,9+,10+;6-,9-,10+,11-;4-,5+,7-,10-;6-,7+,8-,9-;3-,4+,6-,9-/m101111/s1. The number of nitrogens with two attached hydrogens (primary N) is 2. The van der Waals surface area contributed by atoms with Crippen molar-refractivity contribution in [2.75, 3.05) is 45.8 Å². The van der Waals surface area contributed by atoms with Gasteiger partial charge >= 0.3 is 11.4 Å². The number of alkyl halides is 2. The molecule has 48 heteroatoms.